The molecular formula is C32H37F2N7O. The van der Waals surface area contributed by atoms with Gasteiger partial charge in [-0.25, -0.2) is 18.7 Å². The molecule has 220 valence electrons. The van der Waals surface area contributed by atoms with E-state index in [0.717, 1.165) is 44.5 Å². The van der Waals surface area contributed by atoms with E-state index in [4.69, 9.17) is 9.72 Å². The molecule has 0 bridgehead atoms. The van der Waals surface area contributed by atoms with Gasteiger partial charge in [0.2, 0.25) is 5.95 Å². The Kier molecular flexibility index (Phi) is 7.70. The number of hydrogen-bond acceptors (Lipinski definition) is 8. The van der Waals surface area contributed by atoms with Crippen LogP contribution in [0.25, 0.3) is 0 Å². The van der Waals surface area contributed by atoms with Crippen LogP contribution >= 0.6 is 0 Å². The standard InChI is InChI=1S/C32H37F2N7O/c1-21-2-3-24(14-23(21)19-39-6-8-41(9-7-39)25-4-5-25)37-32-36-18-30-31(38-32)26(17-35-30)22-15-28(33)27(29(34)16-22)20-40-10-12-42-13-11-40/h2-3,14-18,25-26H,4-13,19-20H2,1H3,(H,36,37,38). The molecule has 0 spiro atoms. The van der Waals surface area contributed by atoms with Crippen molar-refractivity contribution in [2.75, 3.05) is 57.8 Å². The van der Waals surface area contributed by atoms with Crippen molar-refractivity contribution in [1.82, 2.24) is 24.7 Å². The van der Waals surface area contributed by atoms with Gasteiger partial charge in [-0.2, -0.15) is 0 Å². The van der Waals surface area contributed by atoms with Crippen molar-refractivity contribution in [2.45, 2.75) is 44.8 Å². The third-order valence-electron chi connectivity index (χ3n) is 8.93. The smallest absolute Gasteiger partial charge is 0.227 e. The van der Waals surface area contributed by atoms with E-state index in [2.05, 4.69) is 44.1 Å². The van der Waals surface area contributed by atoms with E-state index >= 15 is 8.78 Å². The van der Waals surface area contributed by atoms with Crippen molar-refractivity contribution in [1.29, 1.82) is 0 Å². The van der Waals surface area contributed by atoms with Crippen LogP contribution in [0.3, 0.4) is 0 Å². The number of halogens is 2. The minimum Gasteiger partial charge on any atom is -0.379 e. The zero-order valence-electron chi connectivity index (χ0n) is 24.0. The molecule has 2 saturated heterocycles. The predicted molar refractivity (Wildman–Crippen MR) is 159 cm³/mol. The largest absolute Gasteiger partial charge is 0.379 e. The maximum absolute atomic E-state index is 15.2. The molecule has 3 aromatic rings. The number of morpholine rings is 1. The monoisotopic (exact) mass is 573 g/mol. The molecule has 1 N–H and O–H groups in total. The first-order chi connectivity index (χ1) is 20.5. The number of aliphatic imine (C=N–C) groups is 1. The second-order valence-corrected chi connectivity index (χ2v) is 11.9. The minimum absolute atomic E-state index is 0.0841. The number of aromatic nitrogens is 2. The van der Waals surface area contributed by atoms with Gasteiger partial charge < -0.3 is 10.1 Å². The SMILES string of the molecule is Cc1ccc(Nc2ncc3c(n2)C(c2cc(F)c(CN4CCOCC4)c(F)c2)C=N3)cc1CN1CCN(C2CC2)CC1. The Balaban J connectivity index is 1.05. The van der Waals surface area contributed by atoms with Crippen LogP contribution in [-0.4, -0.2) is 89.4 Å². The molecule has 0 amide bonds. The lowest BCUT2D eigenvalue weighted by molar-refractivity contribution is 0.0332. The van der Waals surface area contributed by atoms with Crippen molar-refractivity contribution < 1.29 is 13.5 Å². The fourth-order valence-electron chi connectivity index (χ4n) is 6.20. The van der Waals surface area contributed by atoms with Crippen LogP contribution in [0, 0.1) is 18.6 Å². The summed E-state index contributed by atoms with van der Waals surface area (Å²) in [5, 5.41) is 3.35. The summed E-state index contributed by atoms with van der Waals surface area (Å²) in [6.45, 7) is 10.3. The van der Waals surface area contributed by atoms with Gasteiger partial charge in [0.25, 0.3) is 0 Å². The van der Waals surface area contributed by atoms with Crippen LogP contribution in [0.2, 0.25) is 0 Å². The van der Waals surface area contributed by atoms with Gasteiger partial charge in [0, 0.05) is 75.9 Å². The summed E-state index contributed by atoms with van der Waals surface area (Å²) >= 11 is 0. The molecule has 1 aliphatic carbocycles. The normalized spacial score (nSPS) is 21.5. The quantitative estimate of drug-likeness (QED) is 0.417. The molecular weight excluding hydrogens is 536 g/mol. The fraction of sp³-hybridized carbons (Fsp3) is 0.469. The van der Waals surface area contributed by atoms with Gasteiger partial charge >= 0.3 is 0 Å². The van der Waals surface area contributed by atoms with E-state index < -0.39 is 17.6 Å². The van der Waals surface area contributed by atoms with Gasteiger partial charge in [-0.15, -0.1) is 0 Å². The molecule has 7 rings (SSSR count). The van der Waals surface area contributed by atoms with Crippen molar-refractivity contribution >= 4 is 23.5 Å². The Bertz CT molecular complexity index is 1460. The number of aryl methyl sites for hydroxylation is 1. The first-order valence-corrected chi connectivity index (χ1v) is 15.0. The highest BCUT2D eigenvalue weighted by atomic mass is 19.1. The zero-order valence-corrected chi connectivity index (χ0v) is 24.0. The van der Waals surface area contributed by atoms with Crippen LogP contribution < -0.4 is 5.32 Å². The average molecular weight is 574 g/mol. The number of rotatable bonds is 8. The summed E-state index contributed by atoms with van der Waals surface area (Å²) in [4.78, 5) is 20.8. The number of nitrogens with zero attached hydrogens (tertiary/aromatic N) is 6. The van der Waals surface area contributed by atoms with Crippen molar-refractivity contribution in [2.24, 2.45) is 4.99 Å². The fourth-order valence-corrected chi connectivity index (χ4v) is 6.20. The number of piperazine rings is 1. The molecule has 0 radical (unpaired) electrons. The van der Waals surface area contributed by atoms with Crippen molar-refractivity contribution in [3.8, 4) is 0 Å². The third-order valence-corrected chi connectivity index (χ3v) is 8.93. The first kappa shape index (κ1) is 27.5. The average Bonchev–Trinajstić information content (AvgIpc) is 3.77. The Morgan fingerprint density at radius 2 is 1.67 bits per heavy atom. The molecule has 4 heterocycles. The topological polar surface area (TPSA) is 69.1 Å². The lowest BCUT2D eigenvalue weighted by Gasteiger charge is -2.35. The number of nitrogens with one attached hydrogen (secondary N) is 1. The van der Waals surface area contributed by atoms with Gasteiger partial charge in [0.1, 0.15) is 17.3 Å². The van der Waals surface area contributed by atoms with E-state index in [1.165, 1.54) is 36.1 Å². The molecule has 3 aliphatic heterocycles. The van der Waals surface area contributed by atoms with Gasteiger partial charge in [0.15, 0.2) is 0 Å². The Morgan fingerprint density at radius 1 is 0.929 bits per heavy atom. The summed E-state index contributed by atoms with van der Waals surface area (Å²) in [7, 11) is 0. The van der Waals surface area contributed by atoms with Crippen molar-refractivity contribution in [3.05, 3.63) is 76.1 Å². The molecule has 3 fully saturated rings. The van der Waals surface area contributed by atoms with Crippen LogP contribution in [0.15, 0.2) is 41.5 Å². The Labute approximate surface area is 245 Å². The Morgan fingerprint density at radius 3 is 2.40 bits per heavy atom. The van der Waals surface area contributed by atoms with E-state index in [9.17, 15) is 0 Å². The predicted octanol–water partition coefficient (Wildman–Crippen LogP) is 4.77. The Hall–Kier alpha value is -3.31. The minimum atomic E-state index is -0.549. The number of fused-ring (bicyclic) bond motifs is 1. The summed E-state index contributed by atoms with van der Waals surface area (Å²) in [5.74, 6) is -1.12. The van der Waals surface area contributed by atoms with Crippen LogP contribution in [0.1, 0.15) is 46.7 Å². The summed E-state index contributed by atoms with van der Waals surface area (Å²) < 4.78 is 35.7. The number of anilines is 2. The highest BCUT2D eigenvalue weighted by molar-refractivity contribution is 5.83. The lowest BCUT2D eigenvalue weighted by atomic mass is 9.95. The van der Waals surface area contributed by atoms with Crippen LogP contribution in [-0.2, 0) is 17.8 Å². The molecule has 10 heteroatoms. The number of benzene rings is 2. The van der Waals surface area contributed by atoms with Gasteiger partial charge in [-0.1, -0.05) is 6.07 Å². The van der Waals surface area contributed by atoms with E-state index in [0.29, 0.717) is 49.2 Å². The molecule has 1 aromatic heterocycles. The molecule has 4 aliphatic rings. The van der Waals surface area contributed by atoms with Crippen LogP contribution in [0.5, 0.6) is 0 Å². The molecule has 8 nitrogen and oxygen atoms in total. The second-order valence-electron chi connectivity index (χ2n) is 11.9. The van der Waals surface area contributed by atoms with Crippen LogP contribution in [0.4, 0.5) is 26.1 Å². The summed E-state index contributed by atoms with van der Waals surface area (Å²) in [5.41, 5.74) is 5.27. The van der Waals surface area contributed by atoms with E-state index in [-0.39, 0.29) is 12.1 Å². The maximum atomic E-state index is 15.2. The lowest BCUT2D eigenvalue weighted by Crippen LogP contribution is -2.46. The zero-order chi connectivity index (χ0) is 28.6. The third kappa shape index (κ3) is 5.94. The summed E-state index contributed by atoms with van der Waals surface area (Å²) in [6, 6.07) is 9.99. The highest BCUT2D eigenvalue weighted by Gasteiger charge is 2.31. The van der Waals surface area contributed by atoms with E-state index in [1.807, 2.05) is 11.0 Å². The van der Waals surface area contributed by atoms with Gasteiger partial charge in [-0.05, 0) is 60.7 Å². The van der Waals surface area contributed by atoms with E-state index in [1.54, 1.807) is 12.4 Å². The first-order valence-electron chi connectivity index (χ1n) is 15.0. The number of ether oxygens (including phenoxy) is 1. The molecule has 2 aromatic carbocycles. The molecule has 1 saturated carbocycles. The number of hydrogen-bond donors (Lipinski definition) is 1. The molecule has 42 heavy (non-hydrogen) atoms. The summed E-state index contributed by atoms with van der Waals surface area (Å²) in [6.07, 6.45) is 6.07. The van der Waals surface area contributed by atoms with Gasteiger partial charge in [0.05, 0.1) is 31.0 Å². The highest BCUT2D eigenvalue weighted by Crippen LogP contribution is 2.36. The molecule has 1 unspecified atom stereocenters. The maximum Gasteiger partial charge on any atom is 0.227 e. The molecule has 1 atom stereocenters. The second kappa shape index (κ2) is 11.8. The van der Waals surface area contributed by atoms with Gasteiger partial charge in [-0.3, -0.25) is 19.7 Å². The van der Waals surface area contributed by atoms with Crippen molar-refractivity contribution in [3.63, 3.8) is 0 Å².